The van der Waals surface area contributed by atoms with Crippen LogP contribution in [0.25, 0.3) is 23.8 Å². The molecule has 0 saturated carbocycles. The summed E-state index contributed by atoms with van der Waals surface area (Å²) in [5.74, 6) is 0. The van der Waals surface area contributed by atoms with Crippen LogP contribution in [0.5, 0.6) is 0 Å². The fraction of sp³-hybridized carbons (Fsp3) is 0.250. The molecule has 4 rings (SSSR count). The number of rotatable bonds is 0. The summed E-state index contributed by atoms with van der Waals surface area (Å²) < 4.78 is 5.84. The Morgan fingerprint density at radius 1 is 1.12 bits per heavy atom. The molecule has 1 heteroatoms. The topological polar surface area (TPSA) is 9.23 Å². The fourth-order valence-corrected chi connectivity index (χ4v) is 3.07. The van der Waals surface area contributed by atoms with E-state index in [2.05, 4.69) is 42.5 Å². The molecule has 17 heavy (non-hydrogen) atoms. The maximum absolute atomic E-state index is 5.84. The molecule has 2 aliphatic carbocycles. The molecule has 84 valence electrons. The Kier molecular flexibility index (Phi) is 1.91. The van der Waals surface area contributed by atoms with E-state index in [9.17, 15) is 0 Å². The minimum absolute atomic E-state index is 0.219. The molecule has 1 atom stereocenters. The van der Waals surface area contributed by atoms with Crippen LogP contribution in [0.15, 0.2) is 24.3 Å². The lowest BCUT2D eigenvalue weighted by atomic mass is 9.90. The third kappa shape index (κ3) is 1.29. The van der Waals surface area contributed by atoms with Crippen LogP contribution in [0.2, 0.25) is 0 Å². The number of ether oxygens (including phenoxy) is 1. The van der Waals surface area contributed by atoms with Crippen molar-refractivity contribution in [2.75, 3.05) is 6.61 Å². The van der Waals surface area contributed by atoms with Crippen molar-refractivity contribution in [2.24, 2.45) is 0 Å². The molecule has 0 spiro atoms. The maximum atomic E-state index is 5.84. The van der Waals surface area contributed by atoms with Crippen molar-refractivity contribution in [3.63, 3.8) is 0 Å². The van der Waals surface area contributed by atoms with Gasteiger partial charge in [-0.25, -0.2) is 0 Å². The zero-order chi connectivity index (χ0) is 11.2. The summed E-state index contributed by atoms with van der Waals surface area (Å²) in [6.07, 6.45) is 13.5. The van der Waals surface area contributed by atoms with E-state index in [1.54, 1.807) is 0 Å². The van der Waals surface area contributed by atoms with Crippen LogP contribution < -0.4 is 10.4 Å². The van der Waals surface area contributed by atoms with Crippen LogP contribution in [0.3, 0.4) is 0 Å². The number of fused-ring (bicyclic) bond motifs is 4. The number of benzene rings is 1. The van der Waals surface area contributed by atoms with Gasteiger partial charge in [-0.1, -0.05) is 42.5 Å². The fourth-order valence-electron chi connectivity index (χ4n) is 3.07. The molecule has 0 aromatic heterocycles. The van der Waals surface area contributed by atoms with Gasteiger partial charge in [0.2, 0.25) is 0 Å². The van der Waals surface area contributed by atoms with Gasteiger partial charge in [-0.2, -0.15) is 0 Å². The number of hydrogen-bond donors (Lipinski definition) is 0. The molecule has 0 N–H and O–H groups in total. The first-order chi connectivity index (χ1) is 8.43. The molecule has 1 aliphatic heterocycles. The van der Waals surface area contributed by atoms with Crippen LogP contribution in [-0.2, 0) is 4.74 Å². The summed E-state index contributed by atoms with van der Waals surface area (Å²) in [5, 5.41) is 2.82. The van der Waals surface area contributed by atoms with Gasteiger partial charge in [-0.05, 0) is 40.0 Å². The van der Waals surface area contributed by atoms with Gasteiger partial charge >= 0.3 is 0 Å². The predicted octanol–water partition coefficient (Wildman–Crippen LogP) is 1.85. The molecular formula is C16H14O. The first-order valence-electron chi connectivity index (χ1n) is 6.28. The Morgan fingerprint density at radius 3 is 3.06 bits per heavy atom. The van der Waals surface area contributed by atoms with Crippen molar-refractivity contribution in [3.05, 3.63) is 45.8 Å². The van der Waals surface area contributed by atoms with Crippen molar-refractivity contribution in [2.45, 2.75) is 18.9 Å². The number of allylic oxidation sites excluding steroid dienone is 1. The van der Waals surface area contributed by atoms with Crippen molar-refractivity contribution >= 4 is 23.8 Å². The van der Waals surface area contributed by atoms with E-state index in [0.29, 0.717) is 0 Å². The van der Waals surface area contributed by atoms with Gasteiger partial charge in [0, 0.05) is 6.61 Å². The molecule has 1 fully saturated rings. The lowest BCUT2D eigenvalue weighted by Crippen LogP contribution is -2.38. The van der Waals surface area contributed by atoms with E-state index in [1.165, 1.54) is 33.6 Å². The normalized spacial score (nSPS) is 24.0. The third-order valence-electron chi connectivity index (χ3n) is 3.85. The zero-order valence-electron chi connectivity index (χ0n) is 9.65. The van der Waals surface area contributed by atoms with Crippen molar-refractivity contribution in [1.29, 1.82) is 0 Å². The number of hydrogen-bond acceptors (Lipinski definition) is 1. The Morgan fingerprint density at radius 2 is 2.06 bits per heavy atom. The summed E-state index contributed by atoms with van der Waals surface area (Å²) in [6.45, 7) is 0.894. The lowest BCUT2D eigenvalue weighted by Gasteiger charge is -2.26. The minimum atomic E-state index is 0.219. The monoisotopic (exact) mass is 222 g/mol. The summed E-state index contributed by atoms with van der Waals surface area (Å²) in [6, 6.07) is 4.44. The van der Waals surface area contributed by atoms with Crippen LogP contribution in [0.1, 0.15) is 24.0 Å². The molecule has 1 aromatic carbocycles. The summed E-state index contributed by atoms with van der Waals surface area (Å²) in [4.78, 5) is 0. The first kappa shape index (κ1) is 9.43. The Labute approximate surface area is 100 Å². The standard InChI is InChI=1S/C16H14O/c1-3-11-6-7-12-8-9-15-14(5-2-10-17-15)16(12)13(11)4-1/h1,3-4,6-9,15H,2,5,10H2. The van der Waals surface area contributed by atoms with Crippen LogP contribution in [-0.4, -0.2) is 12.7 Å². The van der Waals surface area contributed by atoms with Gasteiger partial charge in [0.1, 0.15) is 0 Å². The third-order valence-corrected chi connectivity index (χ3v) is 3.85. The highest BCUT2D eigenvalue weighted by atomic mass is 16.5. The quantitative estimate of drug-likeness (QED) is 0.651. The van der Waals surface area contributed by atoms with Crippen LogP contribution in [0.4, 0.5) is 0 Å². The van der Waals surface area contributed by atoms with E-state index in [-0.39, 0.29) is 6.10 Å². The van der Waals surface area contributed by atoms with Gasteiger partial charge in [0.05, 0.1) is 6.10 Å². The van der Waals surface area contributed by atoms with Crippen molar-refractivity contribution < 1.29 is 4.74 Å². The van der Waals surface area contributed by atoms with Gasteiger partial charge in [-0.15, -0.1) is 0 Å². The second-order valence-corrected chi connectivity index (χ2v) is 4.84. The highest BCUT2D eigenvalue weighted by molar-refractivity contribution is 5.74. The molecule has 1 nitrogen and oxygen atoms in total. The summed E-state index contributed by atoms with van der Waals surface area (Å²) in [5.41, 5.74) is 4.17. The van der Waals surface area contributed by atoms with E-state index >= 15 is 0 Å². The average Bonchev–Trinajstić information content (AvgIpc) is 2.86. The molecule has 1 heterocycles. The van der Waals surface area contributed by atoms with E-state index < -0.39 is 0 Å². The molecule has 1 saturated heterocycles. The second-order valence-electron chi connectivity index (χ2n) is 4.84. The van der Waals surface area contributed by atoms with Gasteiger partial charge in [0.15, 0.2) is 0 Å². The Balaban J connectivity index is 2.13. The lowest BCUT2D eigenvalue weighted by molar-refractivity contribution is 0.0997. The molecule has 0 amide bonds. The average molecular weight is 222 g/mol. The molecule has 1 unspecified atom stereocenters. The molecule has 0 radical (unpaired) electrons. The van der Waals surface area contributed by atoms with E-state index in [1.807, 2.05) is 0 Å². The van der Waals surface area contributed by atoms with Crippen LogP contribution >= 0.6 is 0 Å². The molecular weight excluding hydrogens is 208 g/mol. The molecule has 3 aliphatic rings. The van der Waals surface area contributed by atoms with Gasteiger partial charge < -0.3 is 4.74 Å². The van der Waals surface area contributed by atoms with Crippen molar-refractivity contribution in [1.82, 2.24) is 0 Å². The minimum Gasteiger partial charge on any atom is -0.370 e. The predicted molar refractivity (Wildman–Crippen MR) is 70.6 cm³/mol. The highest BCUT2D eigenvalue weighted by Crippen LogP contribution is 2.24. The first-order valence-corrected chi connectivity index (χ1v) is 6.28. The second kappa shape index (κ2) is 3.44. The van der Waals surface area contributed by atoms with Crippen LogP contribution in [0, 0.1) is 0 Å². The molecule has 1 aromatic rings. The highest BCUT2D eigenvalue weighted by Gasteiger charge is 2.22. The summed E-state index contributed by atoms with van der Waals surface area (Å²) in [7, 11) is 0. The SMILES string of the molecule is C1=Cc2ccc3c(c2=C1)=C1CCCOC1C=C3. The van der Waals surface area contributed by atoms with Gasteiger partial charge in [-0.3, -0.25) is 0 Å². The largest absolute Gasteiger partial charge is 0.370 e. The zero-order valence-corrected chi connectivity index (χ0v) is 9.65. The smallest absolute Gasteiger partial charge is 0.0979 e. The van der Waals surface area contributed by atoms with E-state index in [4.69, 9.17) is 4.74 Å². The maximum Gasteiger partial charge on any atom is 0.0979 e. The molecule has 0 bridgehead atoms. The Hall–Kier alpha value is -1.60. The van der Waals surface area contributed by atoms with Gasteiger partial charge in [0.25, 0.3) is 0 Å². The van der Waals surface area contributed by atoms with E-state index in [0.717, 1.165) is 13.0 Å². The Bertz CT molecular complexity index is 662. The summed E-state index contributed by atoms with van der Waals surface area (Å²) >= 11 is 0. The van der Waals surface area contributed by atoms with Crippen molar-refractivity contribution in [3.8, 4) is 0 Å².